The summed E-state index contributed by atoms with van der Waals surface area (Å²) in [5.74, 6) is 0.930. The second kappa shape index (κ2) is 11.6. The first-order valence-electron chi connectivity index (χ1n) is 9.41. The van der Waals surface area contributed by atoms with Crippen molar-refractivity contribution in [3.05, 3.63) is 87.9 Å². The van der Waals surface area contributed by atoms with E-state index >= 15 is 0 Å². The highest BCUT2D eigenvalue weighted by molar-refractivity contribution is 9.10. The van der Waals surface area contributed by atoms with Crippen molar-refractivity contribution in [2.45, 2.75) is 25.9 Å². The molecule has 0 spiro atoms. The first kappa shape index (κ1) is 22.9. The molecule has 0 heterocycles. The number of benzene rings is 2. The van der Waals surface area contributed by atoms with Crippen molar-refractivity contribution in [1.82, 2.24) is 0 Å². The molecule has 0 bridgehead atoms. The standard InChI is InChI=1S/C24H27BrO4/c1-17(14-19-15-20(25)9-11-23(19)27)8-10-24(28)22(12-13-26)18(2)16-29-21-6-4-3-5-7-21/h3-7,9,11-12,14-15,24,26-28H,2,8,10,13,16H2,1H3/b17-14+,22-12-. The van der Waals surface area contributed by atoms with Crippen molar-refractivity contribution in [3.63, 3.8) is 0 Å². The van der Waals surface area contributed by atoms with Crippen LogP contribution < -0.4 is 4.74 Å². The van der Waals surface area contributed by atoms with Crippen LogP contribution in [0.5, 0.6) is 11.5 Å². The summed E-state index contributed by atoms with van der Waals surface area (Å²) < 4.78 is 6.58. The Hall–Kier alpha value is -2.34. The van der Waals surface area contributed by atoms with E-state index in [1.807, 2.05) is 49.4 Å². The summed E-state index contributed by atoms with van der Waals surface area (Å²) in [7, 11) is 0. The van der Waals surface area contributed by atoms with Gasteiger partial charge in [0.2, 0.25) is 0 Å². The number of aromatic hydroxyl groups is 1. The molecule has 1 atom stereocenters. The molecule has 0 radical (unpaired) electrons. The Balaban J connectivity index is 1.97. The smallest absolute Gasteiger partial charge is 0.122 e. The average Bonchev–Trinajstić information content (AvgIpc) is 2.72. The number of phenolic OH excluding ortho intramolecular Hbond substituents is 1. The number of aliphatic hydroxyl groups is 2. The third-order valence-corrected chi connectivity index (χ3v) is 4.93. The number of rotatable bonds is 10. The molecule has 0 aliphatic carbocycles. The highest BCUT2D eigenvalue weighted by Gasteiger charge is 2.15. The third-order valence-electron chi connectivity index (χ3n) is 4.44. The Labute approximate surface area is 180 Å². The van der Waals surface area contributed by atoms with Crippen LogP contribution in [-0.2, 0) is 0 Å². The third kappa shape index (κ3) is 7.54. The van der Waals surface area contributed by atoms with Crippen LogP contribution in [0.2, 0.25) is 0 Å². The predicted molar refractivity (Wildman–Crippen MR) is 121 cm³/mol. The normalized spacial score (nSPS) is 13.2. The molecule has 3 N–H and O–H groups in total. The zero-order valence-corrected chi connectivity index (χ0v) is 18.1. The quantitative estimate of drug-likeness (QED) is 0.425. The van der Waals surface area contributed by atoms with E-state index in [-0.39, 0.29) is 19.0 Å². The molecule has 29 heavy (non-hydrogen) atoms. The number of para-hydroxylation sites is 1. The van der Waals surface area contributed by atoms with E-state index in [4.69, 9.17) is 4.74 Å². The van der Waals surface area contributed by atoms with Gasteiger partial charge in [0.05, 0.1) is 12.7 Å². The van der Waals surface area contributed by atoms with E-state index in [1.54, 1.807) is 18.2 Å². The van der Waals surface area contributed by atoms with Crippen molar-refractivity contribution < 1.29 is 20.1 Å². The summed E-state index contributed by atoms with van der Waals surface area (Å²) in [5.41, 5.74) is 2.95. The lowest BCUT2D eigenvalue weighted by atomic mass is 9.96. The zero-order chi connectivity index (χ0) is 21.2. The zero-order valence-electron chi connectivity index (χ0n) is 16.5. The van der Waals surface area contributed by atoms with E-state index in [0.29, 0.717) is 24.0 Å². The molecule has 0 aliphatic rings. The molecule has 2 aromatic carbocycles. The molecule has 2 aromatic rings. The highest BCUT2D eigenvalue weighted by atomic mass is 79.9. The molecule has 0 fully saturated rings. The maximum absolute atomic E-state index is 10.6. The van der Waals surface area contributed by atoms with Gasteiger partial charge in [-0.25, -0.2) is 0 Å². The first-order valence-corrected chi connectivity index (χ1v) is 10.2. The molecule has 0 aliphatic heterocycles. The van der Waals surface area contributed by atoms with Gasteiger partial charge < -0.3 is 20.1 Å². The fraction of sp³-hybridized carbons (Fsp3) is 0.250. The van der Waals surface area contributed by atoms with E-state index in [1.165, 1.54) is 0 Å². The lowest BCUT2D eigenvalue weighted by molar-refractivity contribution is 0.198. The second-order valence-corrected chi connectivity index (χ2v) is 7.71. The van der Waals surface area contributed by atoms with Crippen LogP contribution >= 0.6 is 15.9 Å². The summed E-state index contributed by atoms with van der Waals surface area (Å²) in [6.07, 6.45) is 3.79. The lowest BCUT2D eigenvalue weighted by Crippen LogP contribution is -2.16. The minimum absolute atomic E-state index is 0.183. The summed E-state index contributed by atoms with van der Waals surface area (Å²) in [4.78, 5) is 0. The average molecular weight is 459 g/mol. The van der Waals surface area contributed by atoms with Gasteiger partial charge in [-0.3, -0.25) is 0 Å². The number of aliphatic hydroxyl groups excluding tert-OH is 2. The largest absolute Gasteiger partial charge is 0.507 e. The topological polar surface area (TPSA) is 69.9 Å². The van der Waals surface area contributed by atoms with Gasteiger partial charge in [0, 0.05) is 10.0 Å². The molecule has 0 amide bonds. The van der Waals surface area contributed by atoms with Gasteiger partial charge in [0.25, 0.3) is 0 Å². The second-order valence-electron chi connectivity index (χ2n) is 6.80. The van der Waals surface area contributed by atoms with E-state index in [2.05, 4.69) is 22.5 Å². The summed E-state index contributed by atoms with van der Waals surface area (Å²) in [6, 6.07) is 14.6. The molecule has 4 nitrogen and oxygen atoms in total. The van der Waals surface area contributed by atoms with Crippen molar-refractivity contribution in [3.8, 4) is 11.5 Å². The Bertz CT molecular complexity index is 872. The van der Waals surface area contributed by atoms with Gasteiger partial charge in [-0.1, -0.05) is 58.4 Å². The van der Waals surface area contributed by atoms with Crippen LogP contribution in [0.15, 0.2) is 82.4 Å². The number of ether oxygens (including phenoxy) is 1. The molecule has 1 unspecified atom stereocenters. The summed E-state index contributed by atoms with van der Waals surface area (Å²) >= 11 is 3.40. The number of halogens is 1. The Morgan fingerprint density at radius 1 is 1.21 bits per heavy atom. The van der Waals surface area contributed by atoms with E-state index in [0.717, 1.165) is 21.4 Å². The first-order chi connectivity index (χ1) is 13.9. The number of phenols is 1. The maximum atomic E-state index is 10.6. The number of allylic oxidation sites excluding steroid dienone is 1. The van der Waals surface area contributed by atoms with Gasteiger partial charge in [0.1, 0.15) is 18.1 Å². The minimum Gasteiger partial charge on any atom is -0.507 e. The fourth-order valence-corrected chi connectivity index (χ4v) is 3.26. The number of hydrogen-bond acceptors (Lipinski definition) is 4. The van der Waals surface area contributed by atoms with Gasteiger partial charge >= 0.3 is 0 Å². The van der Waals surface area contributed by atoms with Crippen LogP contribution in [0.25, 0.3) is 6.08 Å². The predicted octanol–water partition coefficient (Wildman–Crippen LogP) is 5.25. The monoisotopic (exact) mass is 458 g/mol. The van der Waals surface area contributed by atoms with Crippen LogP contribution in [-0.4, -0.2) is 34.6 Å². The molecule has 2 rings (SSSR count). The van der Waals surface area contributed by atoms with Crippen LogP contribution in [0, 0.1) is 0 Å². The van der Waals surface area contributed by atoms with Gasteiger partial charge in [-0.05, 0) is 61.2 Å². The minimum atomic E-state index is -0.770. The molecular formula is C24H27BrO4. The SMILES string of the molecule is C=C(COc1ccccc1)/C(=C/CO)C(O)CC/C(C)=C/c1cc(Br)ccc1O. The van der Waals surface area contributed by atoms with Crippen LogP contribution in [0.1, 0.15) is 25.3 Å². The number of hydrogen-bond donors (Lipinski definition) is 3. The summed E-state index contributed by atoms with van der Waals surface area (Å²) in [5, 5.41) is 29.9. The Kier molecular flexibility index (Phi) is 9.19. The lowest BCUT2D eigenvalue weighted by Gasteiger charge is -2.18. The van der Waals surface area contributed by atoms with Crippen LogP contribution in [0.3, 0.4) is 0 Å². The molecule has 5 heteroatoms. The molecule has 0 saturated carbocycles. The molecular weight excluding hydrogens is 432 g/mol. The highest BCUT2D eigenvalue weighted by Crippen LogP contribution is 2.26. The van der Waals surface area contributed by atoms with Crippen molar-refractivity contribution >= 4 is 22.0 Å². The molecule has 0 aromatic heterocycles. The molecule has 0 saturated heterocycles. The Morgan fingerprint density at radius 3 is 2.62 bits per heavy atom. The van der Waals surface area contributed by atoms with Crippen molar-refractivity contribution in [2.75, 3.05) is 13.2 Å². The maximum Gasteiger partial charge on any atom is 0.122 e. The van der Waals surface area contributed by atoms with Gasteiger partial charge in [-0.15, -0.1) is 0 Å². The van der Waals surface area contributed by atoms with Crippen LogP contribution in [0.4, 0.5) is 0 Å². The van der Waals surface area contributed by atoms with Crippen molar-refractivity contribution in [1.29, 1.82) is 0 Å². The van der Waals surface area contributed by atoms with E-state index in [9.17, 15) is 15.3 Å². The molecule has 154 valence electrons. The van der Waals surface area contributed by atoms with Gasteiger partial charge in [-0.2, -0.15) is 0 Å². The summed E-state index contributed by atoms with van der Waals surface area (Å²) in [6.45, 7) is 6.01. The van der Waals surface area contributed by atoms with Gasteiger partial charge in [0.15, 0.2) is 0 Å². The Morgan fingerprint density at radius 2 is 1.93 bits per heavy atom. The fourth-order valence-electron chi connectivity index (χ4n) is 2.88. The van der Waals surface area contributed by atoms with Crippen molar-refractivity contribution in [2.24, 2.45) is 0 Å². The van der Waals surface area contributed by atoms with E-state index < -0.39 is 6.10 Å².